The average Bonchev–Trinajstić information content (AvgIpc) is 2.58. The summed E-state index contributed by atoms with van der Waals surface area (Å²) in [6.07, 6.45) is -3.93. The lowest BCUT2D eigenvalue weighted by atomic mass is 10.0. The molecule has 2 nitrogen and oxygen atoms in total. The zero-order chi connectivity index (χ0) is 11.8. The molecule has 1 heterocycles. The van der Waals surface area contributed by atoms with E-state index in [4.69, 9.17) is 5.90 Å². The van der Waals surface area contributed by atoms with E-state index >= 15 is 0 Å². The van der Waals surface area contributed by atoms with Crippen LogP contribution in [0.2, 0.25) is 0 Å². The third kappa shape index (κ3) is 2.18. The van der Waals surface area contributed by atoms with Crippen LogP contribution in [0.1, 0.15) is 11.1 Å². The maximum atomic E-state index is 12.7. The van der Waals surface area contributed by atoms with Gasteiger partial charge in [-0.25, -0.2) is 5.90 Å². The summed E-state index contributed by atoms with van der Waals surface area (Å²) in [5, 5.41) is -0.0245. The second-order valence-corrected chi connectivity index (χ2v) is 4.90. The maximum absolute atomic E-state index is 12.7. The summed E-state index contributed by atoms with van der Waals surface area (Å²) in [5.41, 5.74) is -0.181. The summed E-state index contributed by atoms with van der Waals surface area (Å²) in [4.78, 5) is 5.16. The standard InChI is InChI=1S/C10H10F3NOS/c11-10(12,13)8-2-1-3-9-7(8)4-6(16-9)5-15-14/h1-3,6H,4-5,14H2. The first-order valence-electron chi connectivity index (χ1n) is 4.70. The average molecular weight is 249 g/mol. The lowest BCUT2D eigenvalue weighted by Gasteiger charge is -2.11. The highest BCUT2D eigenvalue weighted by atomic mass is 32.2. The first kappa shape index (κ1) is 11.8. The molecule has 0 aromatic heterocycles. The molecule has 0 amide bonds. The Hall–Kier alpha value is -0.720. The summed E-state index contributed by atoms with van der Waals surface area (Å²) in [7, 11) is 0. The van der Waals surface area contributed by atoms with E-state index in [-0.39, 0.29) is 11.9 Å². The second kappa shape index (κ2) is 4.27. The monoisotopic (exact) mass is 249 g/mol. The Bertz CT molecular complexity index is 394. The maximum Gasteiger partial charge on any atom is 0.416 e. The SMILES string of the molecule is NOCC1Cc2c(cccc2C(F)(F)F)S1. The summed E-state index contributed by atoms with van der Waals surface area (Å²) >= 11 is 1.39. The van der Waals surface area contributed by atoms with E-state index in [1.807, 2.05) is 0 Å². The van der Waals surface area contributed by atoms with Gasteiger partial charge in [-0.15, -0.1) is 11.8 Å². The van der Waals surface area contributed by atoms with Crippen molar-refractivity contribution in [3.8, 4) is 0 Å². The highest BCUT2D eigenvalue weighted by molar-refractivity contribution is 8.00. The van der Waals surface area contributed by atoms with Gasteiger partial charge in [0.15, 0.2) is 0 Å². The molecule has 2 N–H and O–H groups in total. The zero-order valence-electron chi connectivity index (χ0n) is 8.25. The third-order valence-corrected chi connectivity index (χ3v) is 3.72. The third-order valence-electron chi connectivity index (χ3n) is 2.45. The van der Waals surface area contributed by atoms with Gasteiger partial charge >= 0.3 is 6.18 Å². The molecule has 1 atom stereocenters. The largest absolute Gasteiger partial charge is 0.416 e. The van der Waals surface area contributed by atoms with E-state index in [0.717, 1.165) is 6.07 Å². The van der Waals surface area contributed by atoms with E-state index < -0.39 is 11.7 Å². The molecule has 0 saturated heterocycles. The van der Waals surface area contributed by atoms with Crippen LogP contribution in [-0.2, 0) is 17.4 Å². The zero-order valence-corrected chi connectivity index (χ0v) is 9.07. The van der Waals surface area contributed by atoms with Crippen LogP contribution in [0.5, 0.6) is 0 Å². The van der Waals surface area contributed by atoms with Gasteiger partial charge in [0.05, 0.1) is 12.2 Å². The molecule has 6 heteroatoms. The van der Waals surface area contributed by atoms with Crippen molar-refractivity contribution in [2.24, 2.45) is 5.90 Å². The van der Waals surface area contributed by atoms with Crippen molar-refractivity contribution in [2.75, 3.05) is 6.61 Å². The van der Waals surface area contributed by atoms with Crippen LogP contribution in [0.25, 0.3) is 0 Å². The van der Waals surface area contributed by atoms with E-state index in [0.29, 0.717) is 16.9 Å². The molecule has 16 heavy (non-hydrogen) atoms. The van der Waals surface area contributed by atoms with Crippen LogP contribution in [-0.4, -0.2) is 11.9 Å². The number of hydrogen-bond acceptors (Lipinski definition) is 3. The molecule has 0 spiro atoms. The minimum Gasteiger partial charge on any atom is -0.303 e. The number of alkyl halides is 3. The molecule has 1 aliphatic rings. The first-order chi connectivity index (χ1) is 7.52. The second-order valence-electron chi connectivity index (χ2n) is 3.56. The Morgan fingerprint density at radius 3 is 2.81 bits per heavy atom. The number of fused-ring (bicyclic) bond motifs is 1. The fourth-order valence-electron chi connectivity index (χ4n) is 1.80. The van der Waals surface area contributed by atoms with Gasteiger partial charge in [0.2, 0.25) is 0 Å². The summed E-state index contributed by atoms with van der Waals surface area (Å²) in [6.45, 7) is 0.261. The van der Waals surface area contributed by atoms with E-state index in [1.165, 1.54) is 17.8 Å². The molecule has 0 fully saturated rings. The molecular weight excluding hydrogens is 239 g/mol. The highest BCUT2D eigenvalue weighted by Gasteiger charge is 2.37. The smallest absolute Gasteiger partial charge is 0.303 e. The van der Waals surface area contributed by atoms with Crippen molar-refractivity contribution in [1.82, 2.24) is 0 Å². The van der Waals surface area contributed by atoms with Gasteiger partial charge in [-0.1, -0.05) is 6.07 Å². The summed E-state index contributed by atoms with van der Waals surface area (Å²) in [6, 6.07) is 4.25. The Labute approximate surface area is 94.9 Å². The number of thioether (sulfide) groups is 1. The van der Waals surface area contributed by atoms with E-state index in [9.17, 15) is 13.2 Å². The summed E-state index contributed by atoms with van der Waals surface area (Å²) in [5.74, 6) is 4.93. The fourth-order valence-corrected chi connectivity index (χ4v) is 3.05. The molecule has 88 valence electrons. The molecule has 0 saturated carbocycles. The van der Waals surface area contributed by atoms with E-state index in [2.05, 4.69) is 4.84 Å². The Balaban J connectivity index is 2.31. The Morgan fingerprint density at radius 1 is 1.44 bits per heavy atom. The van der Waals surface area contributed by atoms with Gasteiger partial charge in [-0.2, -0.15) is 13.2 Å². The van der Waals surface area contributed by atoms with Crippen molar-refractivity contribution >= 4 is 11.8 Å². The van der Waals surface area contributed by atoms with Crippen molar-refractivity contribution < 1.29 is 18.0 Å². The van der Waals surface area contributed by atoms with Crippen LogP contribution in [0, 0.1) is 0 Å². The van der Waals surface area contributed by atoms with Crippen LogP contribution in [0.3, 0.4) is 0 Å². The molecule has 1 aromatic rings. The van der Waals surface area contributed by atoms with Crippen LogP contribution >= 0.6 is 11.8 Å². The van der Waals surface area contributed by atoms with Crippen LogP contribution in [0.4, 0.5) is 13.2 Å². The van der Waals surface area contributed by atoms with Crippen molar-refractivity contribution in [1.29, 1.82) is 0 Å². The van der Waals surface area contributed by atoms with E-state index in [1.54, 1.807) is 6.07 Å². The molecule has 1 unspecified atom stereocenters. The quantitative estimate of drug-likeness (QED) is 0.818. The Morgan fingerprint density at radius 2 is 2.19 bits per heavy atom. The molecule has 2 rings (SSSR count). The normalized spacial score (nSPS) is 19.9. The minimum atomic E-state index is -4.29. The Kier molecular flexibility index (Phi) is 3.14. The predicted molar refractivity (Wildman–Crippen MR) is 54.9 cm³/mol. The van der Waals surface area contributed by atoms with Gasteiger partial charge < -0.3 is 4.84 Å². The number of halogens is 3. The van der Waals surface area contributed by atoms with Gasteiger partial charge in [-0.3, -0.25) is 0 Å². The predicted octanol–water partition coefficient (Wildman–Crippen LogP) is 2.61. The molecule has 0 bridgehead atoms. The molecule has 0 aliphatic carbocycles. The number of hydrogen-bond donors (Lipinski definition) is 1. The van der Waals surface area contributed by atoms with Crippen LogP contribution in [0.15, 0.2) is 23.1 Å². The minimum absolute atomic E-state index is 0.0245. The topological polar surface area (TPSA) is 35.2 Å². The first-order valence-corrected chi connectivity index (χ1v) is 5.57. The number of benzene rings is 1. The van der Waals surface area contributed by atoms with Gasteiger partial charge in [0, 0.05) is 10.1 Å². The van der Waals surface area contributed by atoms with Crippen LogP contribution < -0.4 is 5.90 Å². The molecule has 0 radical (unpaired) electrons. The van der Waals surface area contributed by atoms with Gasteiger partial charge in [0.25, 0.3) is 0 Å². The number of nitrogens with two attached hydrogens (primary N) is 1. The lowest BCUT2D eigenvalue weighted by molar-refractivity contribution is -0.138. The number of rotatable bonds is 2. The fraction of sp³-hybridized carbons (Fsp3) is 0.400. The molecule has 1 aliphatic heterocycles. The van der Waals surface area contributed by atoms with Gasteiger partial charge in [0.1, 0.15) is 0 Å². The van der Waals surface area contributed by atoms with Crippen molar-refractivity contribution in [2.45, 2.75) is 22.7 Å². The van der Waals surface area contributed by atoms with Gasteiger partial charge in [-0.05, 0) is 24.1 Å². The molecular formula is C10H10F3NOS. The van der Waals surface area contributed by atoms with Crippen molar-refractivity contribution in [3.05, 3.63) is 29.3 Å². The van der Waals surface area contributed by atoms with Crippen molar-refractivity contribution in [3.63, 3.8) is 0 Å². The highest BCUT2D eigenvalue weighted by Crippen LogP contribution is 2.43. The lowest BCUT2D eigenvalue weighted by Crippen LogP contribution is -2.15. The molecule has 1 aromatic carbocycles. The summed E-state index contributed by atoms with van der Waals surface area (Å²) < 4.78 is 38.1.